The number of nitrogens with one attached hydrogen (secondary N) is 1. The highest BCUT2D eigenvalue weighted by molar-refractivity contribution is 6.39. The van der Waals surface area contributed by atoms with Gasteiger partial charge in [-0.25, -0.2) is 0 Å². The molecular weight excluding hydrogens is 307 g/mol. The summed E-state index contributed by atoms with van der Waals surface area (Å²) in [5, 5.41) is 5.34. The minimum Gasteiger partial charge on any atom is -0.382 e. The first kappa shape index (κ1) is 13.9. The Morgan fingerprint density at radius 1 is 1.05 bits per heavy atom. The third-order valence-corrected chi connectivity index (χ3v) is 3.08. The van der Waals surface area contributed by atoms with Crippen LogP contribution in [-0.2, 0) is 0 Å². The number of nitrogens with zero attached hydrogens (tertiary/aromatic N) is 2. The molecule has 0 unspecified atom stereocenters. The van der Waals surface area contributed by atoms with E-state index in [1.54, 1.807) is 24.3 Å². The molecule has 0 bridgehead atoms. The van der Waals surface area contributed by atoms with Crippen LogP contribution in [0, 0.1) is 0 Å². The Hall–Kier alpha value is -1.49. The Balaban J connectivity index is 2.22. The maximum atomic E-state index is 5.97. The van der Waals surface area contributed by atoms with Crippen LogP contribution in [0.15, 0.2) is 41.8 Å². The lowest BCUT2D eigenvalue weighted by atomic mass is 10.2. The van der Waals surface area contributed by atoms with Gasteiger partial charge in [-0.15, -0.1) is 0 Å². The van der Waals surface area contributed by atoms with E-state index in [0.29, 0.717) is 20.6 Å². The number of hydrogen-bond donors (Lipinski definition) is 2. The first-order valence-electron chi connectivity index (χ1n) is 5.22. The Morgan fingerprint density at radius 3 is 2.21 bits per heavy atom. The van der Waals surface area contributed by atoms with Crippen LogP contribution in [-0.4, -0.2) is 10.8 Å². The standard InChI is InChI=1S/C12H9Cl3N4/c13-7-1-3-8(4-2-7)18-19-12(16)11-9(14)5-17-6-10(11)15/h1-6,18H,(H2,16,19). The zero-order valence-corrected chi connectivity index (χ0v) is 11.8. The van der Waals surface area contributed by atoms with Crippen LogP contribution in [0.2, 0.25) is 15.1 Å². The summed E-state index contributed by atoms with van der Waals surface area (Å²) in [5.41, 5.74) is 9.82. The molecule has 0 aliphatic carbocycles. The minimum absolute atomic E-state index is 0.173. The molecule has 1 aromatic carbocycles. The number of benzene rings is 1. The summed E-state index contributed by atoms with van der Waals surface area (Å²) in [6.07, 6.45) is 2.90. The highest BCUT2D eigenvalue weighted by Crippen LogP contribution is 2.22. The molecule has 0 aliphatic heterocycles. The number of amidine groups is 1. The number of anilines is 1. The van der Waals surface area contributed by atoms with Gasteiger partial charge in [0.1, 0.15) is 0 Å². The maximum Gasteiger partial charge on any atom is 0.154 e. The van der Waals surface area contributed by atoms with Crippen molar-refractivity contribution in [2.24, 2.45) is 10.8 Å². The van der Waals surface area contributed by atoms with Crippen LogP contribution in [0.3, 0.4) is 0 Å². The Kier molecular flexibility index (Phi) is 4.47. The van der Waals surface area contributed by atoms with Gasteiger partial charge in [0.15, 0.2) is 5.84 Å². The van der Waals surface area contributed by atoms with Gasteiger partial charge < -0.3 is 5.73 Å². The number of aromatic nitrogens is 1. The highest BCUT2D eigenvalue weighted by Gasteiger charge is 2.10. The summed E-state index contributed by atoms with van der Waals surface area (Å²) in [5.74, 6) is 0.173. The van der Waals surface area contributed by atoms with Crippen molar-refractivity contribution in [1.82, 2.24) is 4.98 Å². The van der Waals surface area contributed by atoms with Crippen molar-refractivity contribution < 1.29 is 0 Å². The van der Waals surface area contributed by atoms with Gasteiger partial charge in [0.2, 0.25) is 0 Å². The average molecular weight is 316 g/mol. The fourth-order valence-electron chi connectivity index (χ4n) is 1.36. The molecule has 0 saturated heterocycles. The van der Waals surface area contributed by atoms with Gasteiger partial charge in [-0.3, -0.25) is 10.4 Å². The molecule has 0 spiro atoms. The summed E-state index contributed by atoms with van der Waals surface area (Å²) in [6, 6.07) is 7.02. The largest absolute Gasteiger partial charge is 0.382 e. The molecule has 98 valence electrons. The number of hydrazone groups is 1. The summed E-state index contributed by atoms with van der Waals surface area (Å²) >= 11 is 17.7. The van der Waals surface area contributed by atoms with Gasteiger partial charge in [-0.1, -0.05) is 34.8 Å². The number of pyridine rings is 1. The molecule has 7 heteroatoms. The van der Waals surface area contributed by atoms with E-state index in [2.05, 4.69) is 15.5 Å². The lowest BCUT2D eigenvalue weighted by Crippen LogP contribution is -2.16. The van der Waals surface area contributed by atoms with Crippen molar-refractivity contribution in [3.8, 4) is 0 Å². The Labute approximate surface area is 125 Å². The zero-order chi connectivity index (χ0) is 13.8. The van der Waals surface area contributed by atoms with Crippen molar-refractivity contribution in [2.75, 3.05) is 5.43 Å². The normalized spacial score (nSPS) is 11.4. The van der Waals surface area contributed by atoms with E-state index in [-0.39, 0.29) is 5.84 Å². The number of halogens is 3. The molecule has 4 nitrogen and oxygen atoms in total. The highest BCUT2D eigenvalue weighted by atomic mass is 35.5. The molecule has 1 aromatic heterocycles. The van der Waals surface area contributed by atoms with Crippen LogP contribution in [0.25, 0.3) is 0 Å². The molecule has 0 radical (unpaired) electrons. The zero-order valence-electron chi connectivity index (χ0n) is 9.57. The van der Waals surface area contributed by atoms with E-state index in [4.69, 9.17) is 40.5 Å². The van der Waals surface area contributed by atoms with Crippen molar-refractivity contribution >= 4 is 46.3 Å². The molecule has 2 rings (SSSR count). The summed E-state index contributed by atoms with van der Waals surface area (Å²) in [4.78, 5) is 3.85. The smallest absolute Gasteiger partial charge is 0.154 e. The molecule has 0 atom stereocenters. The molecular formula is C12H9Cl3N4. The summed E-state index contributed by atoms with van der Waals surface area (Å²) < 4.78 is 0. The predicted octanol–water partition coefficient (Wildman–Crippen LogP) is 3.77. The van der Waals surface area contributed by atoms with E-state index in [9.17, 15) is 0 Å². The lowest BCUT2D eigenvalue weighted by molar-refractivity contribution is 1.28. The van der Waals surface area contributed by atoms with E-state index in [1.165, 1.54) is 12.4 Å². The van der Waals surface area contributed by atoms with Gasteiger partial charge in [0.05, 0.1) is 21.3 Å². The fraction of sp³-hybridized carbons (Fsp3) is 0. The molecule has 3 N–H and O–H groups in total. The molecule has 2 aromatic rings. The second kappa shape index (κ2) is 6.10. The van der Waals surface area contributed by atoms with Gasteiger partial charge in [0.25, 0.3) is 0 Å². The third-order valence-electron chi connectivity index (χ3n) is 2.26. The van der Waals surface area contributed by atoms with Crippen molar-refractivity contribution in [1.29, 1.82) is 0 Å². The molecule has 19 heavy (non-hydrogen) atoms. The lowest BCUT2D eigenvalue weighted by Gasteiger charge is -2.06. The van der Waals surface area contributed by atoms with E-state index >= 15 is 0 Å². The fourth-order valence-corrected chi connectivity index (χ4v) is 2.05. The first-order chi connectivity index (χ1) is 9.08. The van der Waals surface area contributed by atoms with Crippen LogP contribution >= 0.6 is 34.8 Å². The van der Waals surface area contributed by atoms with E-state index in [1.807, 2.05) is 0 Å². The topological polar surface area (TPSA) is 63.3 Å². The quantitative estimate of drug-likeness (QED) is 0.515. The minimum atomic E-state index is 0.173. The van der Waals surface area contributed by atoms with Crippen molar-refractivity contribution in [3.63, 3.8) is 0 Å². The molecule has 1 heterocycles. The molecule has 0 amide bonds. The molecule has 0 saturated carbocycles. The van der Waals surface area contributed by atoms with Gasteiger partial charge >= 0.3 is 0 Å². The molecule has 0 fully saturated rings. The van der Waals surface area contributed by atoms with Gasteiger partial charge in [-0.05, 0) is 24.3 Å². The number of hydrogen-bond acceptors (Lipinski definition) is 3. The van der Waals surface area contributed by atoms with Crippen LogP contribution in [0.4, 0.5) is 5.69 Å². The Morgan fingerprint density at radius 2 is 1.63 bits per heavy atom. The van der Waals surface area contributed by atoms with Crippen LogP contribution < -0.4 is 11.2 Å². The molecule has 0 aliphatic rings. The maximum absolute atomic E-state index is 5.97. The number of nitrogens with two attached hydrogens (primary N) is 1. The average Bonchev–Trinajstić information content (AvgIpc) is 2.38. The monoisotopic (exact) mass is 314 g/mol. The third kappa shape index (κ3) is 3.50. The van der Waals surface area contributed by atoms with Crippen molar-refractivity contribution in [3.05, 3.63) is 57.3 Å². The predicted molar refractivity (Wildman–Crippen MR) is 80.1 cm³/mol. The summed E-state index contributed by atoms with van der Waals surface area (Å²) in [7, 11) is 0. The van der Waals surface area contributed by atoms with E-state index < -0.39 is 0 Å². The second-order valence-corrected chi connectivity index (χ2v) is 4.84. The summed E-state index contributed by atoms with van der Waals surface area (Å²) in [6.45, 7) is 0. The SMILES string of the molecule is N/C(=N\Nc1ccc(Cl)cc1)c1c(Cl)cncc1Cl. The number of rotatable bonds is 3. The van der Waals surface area contributed by atoms with Crippen LogP contribution in [0.1, 0.15) is 5.56 Å². The van der Waals surface area contributed by atoms with Gasteiger partial charge in [-0.2, -0.15) is 5.10 Å². The first-order valence-corrected chi connectivity index (χ1v) is 6.35. The van der Waals surface area contributed by atoms with Gasteiger partial charge in [0, 0.05) is 17.4 Å². The van der Waals surface area contributed by atoms with E-state index in [0.717, 1.165) is 5.69 Å². The Bertz CT molecular complexity index is 591. The van der Waals surface area contributed by atoms with Crippen molar-refractivity contribution in [2.45, 2.75) is 0 Å². The van der Waals surface area contributed by atoms with Crippen LogP contribution in [0.5, 0.6) is 0 Å². The second-order valence-electron chi connectivity index (χ2n) is 3.59.